The maximum Gasteiger partial charge on any atom is 0.143 e. The van der Waals surface area contributed by atoms with Gasteiger partial charge in [0.1, 0.15) is 12.2 Å². The molecule has 4 nitrogen and oxygen atoms in total. The number of nitrogens with zero attached hydrogens (tertiary/aromatic N) is 3. The van der Waals surface area contributed by atoms with E-state index in [4.69, 9.17) is 11.6 Å². The van der Waals surface area contributed by atoms with Crippen molar-refractivity contribution in [2.45, 2.75) is 38.3 Å². The summed E-state index contributed by atoms with van der Waals surface area (Å²) in [6, 6.07) is 8.40. The molecule has 2 atom stereocenters. The molecule has 0 bridgehead atoms. The Morgan fingerprint density at radius 1 is 1.50 bits per heavy atom. The third-order valence-electron chi connectivity index (χ3n) is 3.91. The van der Waals surface area contributed by atoms with E-state index in [1.807, 2.05) is 22.9 Å². The van der Waals surface area contributed by atoms with Crippen molar-refractivity contribution in [2.24, 2.45) is 0 Å². The second-order valence-electron chi connectivity index (χ2n) is 5.40. The SMILES string of the molecule is C[C@H](CN[C@@H]1CCCn2ncnc21)c1cccc(Cl)c1. The lowest BCUT2D eigenvalue weighted by molar-refractivity contribution is 0.362. The highest BCUT2D eigenvalue weighted by Crippen LogP contribution is 2.24. The molecule has 0 amide bonds. The average Bonchev–Trinajstić information content (AvgIpc) is 2.93. The van der Waals surface area contributed by atoms with Gasteiger partial charge in [0.05, 0.1) is 6.04 Å². The highest BCUT2D eigenvalue weighted by molar-refractivity contribution is 6.30. The van der Waals surface area contributed by atoms with Crippen molar-refractivity contribution in [2.75, 3.05) is 6.54 Å². The highest BCUT2D eigenvalue weighted by Gasteiger charge is 2.22. The number of benzene rings is 1. The molecule has 0 spiro atoms. The zero-order valence-corrected chi connectivity index (χ0v) is 12.3. The molecule has 0 aliphatic carbocycles. The van der Waals surface area contributed by atoms with Crippen molar-refractivity contribution in [3.05, 3.63) is 47.0 Å². The first-order valence-electron chi connectivity index (χ1n) is 7.10. The van der Waals surface area contributed by atoms with E-state index in [9.17, 15) is 0 Å². The number of halogens is 1. The Bertz CT molecular complexity index is 581. The predicted octanol–water partition coefficient (Wildman–Crippen LogP) is 3.16. The van der Waals surface area contributed by atoms with Gasteiger partial charge >= 0.3 is 0 Å². The van der Waals surface area contributed by atoms with Gasteiger partial charge in [-0.2, -0.15) is 5.10 Å². The fraction of sp³-hybridized carbons (Fsp3) is 0.467. The smallest absolute Gasteiger partial charge is 0.143 e. The molecule has 0 saturated heterocycles. The standard InChI is InChI=1S/C15H19ClN4/c1-11(12-4-2-5-13(16)8-12)9-17-14-6-3-7-20-15(14)18-10-19-20/h2,4-5,8,10-11,14,17H,3,6-7,9H2,1H3/t11-,14-/m1/s1. The van der Waals surface area contributed by atoms with Crippen LogP contribution in [0.2, 0.25) is 5.02 Å². The Morgan fingerprint density at radius 3 is 3.25 bits per heavy atom. The van der Waals surface area contributed by atoms with Gasteiger partial charge in [-0.25, -0.2) is 9.67 Å². The van der Waals surface area contributed by atoms with E-state index < -0.39 is 0 Å². The molecule has 5 heteroatoms. The number of hydrogen-bond donors (Lipinski definition) is 1. The van der Waals surface area contributed by atoms with Crippen LogP contribution < -0.4 is 5.32 Å². The number of nitrogens with one attached hydrogen (secondary N) is 1. The van der Waals surface area contributed by atoms with E-state index >= 15 is 0 Å². The predicted molar refractivity (Wildman–Crippen MR) is 79.9 cm³/mol. The summed E-state index contributed by atoms with van der Waals surface area (Å²) in [5, 5.41) is 8.67. The average molecular weight is 291 g/mol. The fourth-order valence-corrected chi connectivity index (χ4v) is 2.93. The Morgan fingerprint density at radius 2 is 2.40 bits per heavy atom. The van der Waals surface area contributed by atoms with Crippen LogP contribution in [0.1, 0.15) is 43.1 Å². The van der Waals surface area contributed by atoms with Gasteiger partial charge in [-0.1, -0.05) is 30.7 Å². The van der Waals surface area contributed by atoms with Gasteiger partial charge in [-0.15, -0.1) is 0 Å². The maximum absolute atomic E-state index is 6.05. The van der Waals surface area contributed by atoms with Crippen LogP contribution in [0.3, 0.4) is 0 Å². The number of rotatable bonds is 4. The van der Waals surface area contributed by atoms with Crippen molar-refractivity contribution in [3.63, 3.8) is 0 Å². The molecular formula is C15H19ClN4. The second-order valence-corrected chi connectivity index (χ2v) is 5.84. The Kier molecular flexibility index (Phi) is 4.03. The summed E-state index contributed by atoms with van der Waals surface area (Å²) in [5.74, 6) is 1.49. The lowest BCUT2D eigenvalue weighted by atomic mass is 10.00. The summed E-state index contributed by atoms with van der Waals surface area (Å²) >= 11 is 6.05. The molecule has 1 aliphatic heterocycles. The molecule has 2 heterocycles. The van der Waals surface area contributed by atoms with Gasteiger partial charge in [0, 0.05) is 18.1 Å². The van der Waals surface area contributed by atoms with Crippen LogP contribution in [-0.2, 0) is 6.54 Å². The molecule has 106 valence electrons. The van der Waals surface area contributed by atoms with Crippen LogP contribution in [-0.4, -0.2) is 21.3 Å². The van der Waals surface area contributed by atoms with Crippen molar-refractivity contribution < 1.29 is 0 Å². The first kappa shape index (κ1) is 13.6. The van der Waals surface area contributed by atoms with Crippen LogP contribution >= 0.6 is 11.6 Å². The van der Waals surface area contributed by atoms with Crippen molar-refractivity contribution in [1.82, 2.24) is 20.1 Å². The normalized spacial score (nSPS) is 19.6. The van der Waals surface area contributed by atoms with E-state index in [1.54, 1.807) is 6.33 Å². The van der Waals surface area contributed by atoms with Gasteiger partial charge in [0.2, 0.25) is 0 Å². The van der Waals surface area contributed by atoms with E-state index in [1.165, 1.54) is 5.56 Å². The Balaban J connectivity index is 1.63. The van der Waals surface area contributed by atoms with Crippen molar-refractivity contribution in [1.29, 1.82) is 0 Å². The molecule has 0 saturated carbocycles. The highest BCUT2D eigenvalue weighted by atomic mass is 35.5. The first-order valence-corrected chi connectivity index (χ1v) is 7.48. The van der Waals surface area contributed by atoms with E-state index in [0.717, 1.165) is 36.8 Å². The van der Waals surface area contributed by atoms with Gasteiger partial charge < -0.3 is 5.32 Å². The van der Waals surface area contributed by atoms with Crippen LogP contribution in [0, 0.1) is 0 Å². The molecular weight excluding hydrogens is 272 g/mol. The monoisotopic (exact) mass is 290 g/mol. The molecule has 0 fully saturated rings. The quantitative estimate of drug-likeness (QED) is 0.940. The molecule has 1 aromatic heterocycles. The molecule has 1 N–H and O–H groups in total. The molecule has 1 aliphatic rings. The minimum atomic E-state index is 0.313. The Labute approximate surface area is 124 Å². The molecule has 3 rings (SSSR count). The van der Waals surface area contributed by atoms with Crippen LogP contribution in [0.4, 0.5) is 0 Å². The minimum absolute atomic E-state index is 0.313. The summed E-state index contributed by atoms with van der Waals surface area (Å²) in [4.78, 5) is 4.37. The molecule has 0 unspecified atom stereocenters. The summed E-state index contributed by atoms with van der Waals surface area (Å²) in [7, 11) is 0. The zero-order chi connectivity index (χ0) is 13.9. The van der Waals surface area contributed by atoms with Crippen molar-refractivity contribution in [3.8, 4) is 0 Å². The van der Waals surface area contributed by atoms with Gasteiger partial charge in [-0.3, -0.25) is 0 Å². The number of hydrogen-bond acceptors (Lipinski definition) is 3. The van der Waals surface area contributed by atoms with Crippen LogP contribution in [0.5, 0.6) is 0 Å². The van der Waals surface area contributed by atoms with Crippen molar-refractivity contribution >= 4 is 11.6 Å². The Hall–Kier alpha value is -1.39. The number of aromatic nitrogens is 3. The van der Waals surface area contributed by atoms with E-state index in [-0.39, 0.29) is 0 Å². The van der Waals surface area contributed by atoms with Gasteiger partial charge in [0.15, 0.2) is 0 Å². The van der Waals surface area contributed by atoms with E-state index in [0.29, 0.717) is 12.0 Å². The lowest BCUT2D eigenvalue weighted by Crippen LogP contribution is -2.31. The van der Waals surface area contributed by atoms with Crippen LogP contribution in [0.15, 0.2) is 30.6 Å². The third kappa shape index (κ3) is 2.86. The second kappa shape index (κ2) is 5.94. The summed E-state index contributed by atoms with van der Waals surface area (Å²) < 4.78 is 2.01. The summed E-state index contributed by atoms with van der Waals surface area (Å²) in [5.41, 5.74) is 1.27. The van der Waals surface area contributed by atoms with Gasteiger partial charge in [0.25, 0.3) is 0 Å². The van der Waals surface area contributed by atoms with Gasteiger partial charge in [-0.05, 0) is 36.5 Å². The maximum atomic E-state index is 6.05. The van der Waals surface area contributed by atoms with Crippen LogP contribution in [0.25, 0.3) is 0 Å². The van der Waals surface area contributed by atoms with E-state index in [2.05, 4.69) is 28.4 Å². The third-order valence-corrected chi connectivity index (χ3v) is 4.14. The lowest BCUT2D eigenvalue weighted by Gasteiger charge is -2.25. The fourth-order valence-electron chi connectivity index (χ4n) is 2.73. The summed E-state index contributed by atoms with van der Waals surface area (Å²) in [6.45, 7) is 4.11. The zero-order valence-electron chi connectivity index (χ0n) is 11.6. The topological polar surface area (TPSA) is 42.7 Å². The first-order chi connectivity index (χ1) is 9.74. The number of aryl methyl sites for hydroxylation is 1. The molecule has 0 radical (unpaired) electrons. The molecule has 20 heavy (non-hydrogen) atoms. The summed E-state index contributed by atoms with van der Waals surface area (Å²) in [6.07, 6.45) is 3.93. The molecule has 1 aromatic carbocycles. The number of fused-ring (bicyclic) bond motifs is 1. The minimum Gasteiger partial charge on any atom is -0.307 e. The largest absolute Gasteiger partial charge is 0.307 e. The molecule has 2 aromatic rings.